The molecule has 4 aromatic rings. The van der Waals surface area contributed by atoms with Crippen molar-refractivity contribution in [2.24, 2.45) is 7.05 Å². The van der Waals surface area contributed by atoms with Crippen molar-refractivity contribution in [2.45, 2.75) is 25.9 Å². The maximum atomic E-state index is 12.5. The van der Waals surface area contributed by atoms with Crippen molar-refractivity contribution < 1.29 is 9.53 Å². The first-order chi connectivity index (χ1) is 15.9. The second-order valence-electron chi connectivity index (χ2n) is 7.50. The van der Waals surface area contributed by atoms with Crippen LogP contribution in [0.15, 0.2) is 53.0 Å². The maximum Gasteiger partial charge on any atom is 0.236 e. The lowest BCUT2D eigenvalue weighted by Crippen LogP contribution is -2.14. The van der Waals surface area contributed by atoms with Gasteiger partial charge in [0.1, 0.15) is 5.75 Å². The van der Waals surface area contributed by atoms with E-state index in [4.69, 9.17) is 4.74 Å². The van der Waals surface area contributed by atoms with Crippen LogP contribution in [0.25, 0.3) is 22.6 Å². The summed E-state index contributed by atoms with van der Waals surface area (Å²) in [5.41, 5.74) is 5.31. The van der Waals surface area contributed by atoms with Gasteiger partial charge in [-0.15, -0.1) is 21.5 Å². The summed E-state index contributed by atoms with van der Waals surface area (Å²) in [6.45, 7) is 6.75. The molecule has 0 aliphatic rings. The Kier molecular flexibility index (Phi) is 7.10. The van der Waals surface area contributed by atoms with E-state index in [1.165, 1.54) is 34.2 Å². The molecule has 0 atom stereocenters. The first kappa shape index (κ1) is 23.0. The Morgan fingerprint density at radius 2 is 1.85 bits per heavy atom. The fraction of sp³-hybridized carbons (Fsp3) is 0.250. The number of thioether (sulfide) groups is 1. The molecule has 0 saturated carbocycles. The van der Waals surface area contributed by atoms with E-state index in [1.54, 1.807) is 0 Å². The average Bonchev–Trinajstić information content (AvgIpc) is 3.42. The molecule has 2 heterocycles. The predicted octanol–water partition coefficient (Wildman–Crippen LogP) is 5.35. The van der Waals surface area contributed by atoms with Crippen molar-refractivity contribution in [1.82, 2.24) is 19.7 Å². The number of aryl methyl sites for hydroxylation is 2. The molecule has 2 aromatic heterocycles. The smallest absolute Gasteiger partial charge is 0.236 e. The van der Waals surface area contributed by atoms with Crippen LogP contribution in [-0.4, -0.2) is 38.0 Å². The Balaban J connectivity index is 1.36. The number of hydrogen-bond donors (Lipinski definition) is 1. The zero-order valence-electron chi connectivity index (χ0n) is 19.0. The molecule has 0 saturated heterocycles. The standard InChI is InChI=1S/C24H25N5O2S2/c1-5-31-19-10-8-17(9-11-19)22-27-28-24(29(22)4)33-14-21(30)26-23-25-20(13-32-23)18-7-6-15(2)16(3)12-18/h6-13H,5,14H2,1-4H3,(H,25,26,30). The minimum absolute atomic E-state index is 0.133. The molecule has 4 rings (SSSR count). The monoisotopic (exact) mass is 479 g/mol. The lowest BCUT2D eigenvalue weighted by molar-refractivity contribution is -0.113. The van der Waals surface area contributed by atoms with Crippen molar-refractivity contribution >= 4 is 34.1 Å². The van der Waals surface area contributed by atoms with Crippen LogP contribution in [0.5, 0.6) is 5.75 Å². The highest BCUT2D eigenvalue weighted by atomic mass is 32.2. The molecule has 0 aliphatic carbocycles. The Morgan fingerprint density at radius 3 is 2.58 bits per heavy atom. The van der Waals surface area contributed by atoms with Crippen LogP contribution in [0.4, 0.5) is 5.13 Å². The Morgan fingerprint density at radius 1 is 1.09 bits per heavy atom. The van der Waals surface area contributed by atoms with E-state index in [0.29, 0.717) is 16.9 Å². The molecular weight excluding hydrogens is 454 g/mol. The second kappa shape index (κ2) is 10.2. The van der Waals surface area contributed by atoms with Crippen LogP contribution in [0.1, 0.15) is 18.1 Å². The predicted molar refractivity (Wildman–Crippen MR) is 134 cm³/mol. The lowest BCUT2D eigenvalue weighted by atomic mass is 10.1. The Bertz CT molecular complexity index is 1260. The number of benzene rings is 2. The van der Waals surface area contributed by atoms with Crippen molar-refractivity contribution in [3.63, 3.8) is 0 Å². The number of rotatable bonds is 8. The molecule has 0 fully saturated rings. The highest BCUT2D eigenvalue weighted by Gasteiger charge is 2.14. The zero-order valence-corrected chi connectivity index (χ0v) is 20.6. The lowest BCUT2D eigenvalue weighted by Gasteiger charge is -2.06. The molecule has 1 N–H and O–H groups in total. The fourth-order valence-corrected chi connectivity index (χ4v) is 4.66. The summed E-state index contributed by atoms with van der Waals surface area (Å²) in [5.74, 6) is 1.64. The molecule has 0 radical (unpaired) electrons. The molecule has 7 nitrogen and oxygen atoms in total. The van der Waals surface area contributed by atoms with Crippen molar-refractivity contribution in [2.75, 3.05) is 17.7 Å². The summed E-state index contributed by atoms with van der Waals surface area (Å²) in [5, 5.41) is 14.6. The van der Waals surface area contributed by atoms with E-state index in [1.807, 2.05) is 48.2 Å². The number of anilines is 1. The normalized spacial score (nSPS) is 10.9. The van der Waals surface area contributed by atoms with Crippen LogP contribution >= 0.6 is 23.1 Å². The number of ether oxygens (including phenoxy) is 1. The summed E-state index contributed by atoms with van der Waals surface area (Å²) >= 11 is 2.76. The van der Waals surface area contributed by atoms with Gasteiger partial charge in [0.15, 0.2) is 16.1 Å². The molecule has 1 amide bonds. The number of carbonyl (C=O) groups is 1. The molecule has 2 aromatic carbocycles. The van der Waals surface area contributed by atoms with Crippen molar-refractivity contribution in [3.05, 3.63) is 59.0 Å². The molecule has 33 heavy (non-hydrogen) atoms. The van der Waals surface area contributed by atoms with Crippen molar-refractivity contribution in [3.8, 4) is 28.4 Å². The van der Waals surface area contributed by atoms with Crippen LogP contribution in [-0.2, 0) is 11.8 Å². The Hall–Kier alpha value is -3.17. The average molecular weight is 480 g/mol. The van der Waals surface area contributed by atoms with Gasteiger partial charge in [-0.1, -0.05) is 23.9 Å². The number of nitrogens with zero attached hydrogens (tertiary/aromatic N) is 4. The van der Waals surface area contributed by atoms with E-state index in [-0.39, 0.29) is 11.7 Å². The van der Waals surface area contributed by atoms with E-state index in [2.05, 4.69) is 52.5 Å². The number of hydrogen-bond acceptors (Lipinski definition) is 7. The second-order valence-corrected chi connectivity index (χ2v) is 9.30. The summed E-state index contributed by atoms with van der Waals surface area (Å²) in [6, 6.07) is 14.0. The summed E-state index contributed by atoms with van der Waals surface area (Å²) in [7, 11) is 1.89. The van der Waals surface area contributed by atoms with Gasteiger partial charge in [-0.05, 0) is 62.2 Å². The van der Waals surface area contributed by atoms with Gasteiger partial charge in [-0.2, -0.15) is 0 Å². The van der Waals surface area contributed by atoms with Crippen LogP contribution in [0, 0.1) is 13.8 Å². The molecule has 9 heteroatoms. The quantitative estimate of drug-likeness (QED) is 0.343. The number of aromatic nitrogens is 4. The minimum Gasteiger partial charge on any atom is -0.494 e. The third kappa shape index (κ3) is 5.43. The summed E-state index contributed by atoms with van der Waals surface area (Å²) < 4.78 is 7.37. The number of amides is 1. The highest BCUT2D eigenvalue weighted by molar-refractivity contribution is 7.99. The third-order valence-electron chi connectivity index (χ3n) is 5.14. The topological polar surface area (TPSA) is 81.9 Å². The maximum absolute atomic E-state index is 12.5. The van der Waals surface area contributed by atoms with Gasteiger partial charge in [0, 0.05) is 23.6 Å². The summed E-state index contributed by atoms with van der Waals surface area (Å²) in [4.78, 5) is 17.0. The Labute approximate surface area is 201 Å². The van der Waals surface area contributed by atoms with Gasteiger partial charge in [0.05, 0.1) is 18.1 Å². The fourth-order valence-electron chi connectivity index (χ4n) is 3.21. The van der Waals surface area contributed by atoms with Crippen LogP contribution in [0.2, 0.25) is 0 Å². The van der Waals surface area contributed by atoms with Crippen LogP contribution < -0.4 is 10.1 Å². The highest BCUT2D eigenvalue weighted by Crippen LogP contribution is 2.27. The molecular formula is C24H25N5O2S2. The van der Waals surface area contributed by atoms with Gasteiger partial charge in [-0.25, -0.2) is 4.98 Å². The van der Waals surface area contributed by atoms with Crippen LogP contribution in [0.3, 0.4) is 0 Å². The first-order valence-corrected chi connectivity index (χ1v) is 12.4. The molecule has 0 spiro atoms. The van der Waals surface area contributed by atoms with Gasteiger partial charge in [-0.3, -0.25) is 4.79 Å². The molecule has 0 aliphatic heterocycles. The largest absolute Gasteiger partial charge is 0.494 e. The van der Waals surface area contributed by atoms with Gasteiger partial charge >= 0.3 is 0 Å². The first-order valence-electron chi connectivity index (χ1n) is 10.5. The van der Waals surface area contributed by atoms with Crippen molar-refractivity contribution in [1.29, 1.82) is 0 Å². The van der Waals surface area contributed by atoms with Gasteiger partial charge in [0.25, 0.3) is 0 Å². The van der Waals surface area contributed by atoms with Gasteiger partial charge < -0.3 is 14.6 Å². The molecule has 0 bridgehead atoms. The third-order valence-corrected chi connectivity index (χ3v) is 6.92. The number of carbonyl (C=O) groups excluding carboxylic acids is 1. The van der Waals surface area contributed by atoms with E-state index in [0.717, 1.165) is 28.4 Å². The zero-order chi connectivity index (χ0) is 23.4. The SMILES string of the molecule is CCOc1ccc(-c2nnc(SCC(=O)Nc3nc(-c4ccc(C)c(C)c4)cs3)n2C)cc1. The summed E-state index contributed by atoms with van der Waals surface area (Å²) in [6.07, 6.45) is 0. The number of nitrogens with one attached hydrogen (secondary N) is 1. The molecule has 170 valence electrons. The number of thiazole rings is 1. The minimum atomic E-state index is -0.133. The van der Waals surface area contributed by atoms with E-state index >= 15 is 0 Å². The van der Waals surface area contributed by atoms with E-state index < -0.39 is 0 Å². The van der Waals surface area contributed by atoms with E-state index in [9.17, 15) is 4.79 Å². The van der Waals surface area contributed by atoms with Gasteiger partial charge in [0.2, 0.25) is 5.91 Å². The molecule has 0 unspecified atom stereocenters.